The molecule has 0 saturated carbocycles. The van der Waals surface area contributed by atoms with Crippen LogP contribution in [0.3, 0.4) is 0 Å². The van der Waals surface area contributed by atoms with Gasteiger partial charge in [0, 0.05) is 0 Å². The van der Waals surface area contributed by atoms with Crippen LogP contribution in [0.1, 0.15) is 11.1 Å². The van der Waals surface area contributed by atoms with Crippen molar-refractivity contribution in [2.45, 2.75) is 11.8 Å². The molecule has 0 atom stereocenters. The van der Waals surface area contributed by atoms with E-state index in [1.165, 1.54) is 36.4 Å². The van der Waals surface area contributed by atoms with Gasteiger partial charge in [-0.25, -0.2) is 12.8 Å². The van der Waals surface area contributed by atoms with Crippen LogP contribution in [0.15, 0.2) is 47.4 Å². The van der Waals surface area contributed by atoms with Gasteiger partial charge in [0.15, 0.2) is 0 Å². The number of benzene rings is 2. The average molecular weight is 290 g/mol. The number of hydrogen-bond acceptors (Lipinski definition) is 3. The first kappa shape index (κ1) is 14.0. The van der Waals surface area contributed by atoms with E-state index in [-0.39, 0.29) is 16.1 Å². The summed E-state index contributed by atoms with van der Waals surface area (Å²) >= 11 is 0. The van der Waals surface area contributed by atoms with Crippen LogP contribution in [0, 0.1) is 24.1 Å². The van der Waals surface area contributed by atoms with Crippen LogP contribution < -0.4 is 4.72 Å². The highest BCUT2D eigenvalue weighted by Crippen LogP contribution is 2.19. The zero-order valence-corrected chi connectivity index (χ0v) is 11.4. The molecule has 2 aromatic carbocycles. The van der Waals surface area contributed by atoms with Crippen molar-refractivity contribution >= 4 is 15.7 Å². The topological polar surface area (TPSA) is 70.0 Å². The van der Waals surface area contributed by atoms with E-state index >= 15 is 0 Å². The molecule has 6 heteroatoms. The first-order chi connectivity index (χ1) is 9.42. The van der Waals surface area contributed by atoms with Gasteiger partial charge >= 0.3 is 0 Å². The maximum absolute atomic E-state index is 13.4. The Labute approximate surface area is 116 Å². The Hall–Kier alpha value is -2.39. The van der Waals surface area contributed by atoms with E-state index in [4.69, 9.17) is 5.26 Å². The number of nitriles is 1. The molecule has 20 heavy (non-hydrogen) atoms. The van der Waals surface area contributed by atoms with Gasteiger partial charge in [0.2, 0.25) is 0 Å². The predicted molar refractivity (Wildman–Crippen MR) is 73.1 cm³/mol. The van der Waals surface area contributed by atoms with Gasteiger partial charge in [0.25, 0.3) is 10.0 Å². The van der Waals surface area contributed by atoms with Crippen molar-refractivity contribution in [1.82, 2.24) is 0 Å². The lowest BCUT2D eigenvalue weighted by atomic mass is 10.2. The van der Waals surface area contributed by atoms with Crippen LogP contribution in [0.25, 0.3) is 0 Å². The highest BCUT2D eigenvalue weighted by atomic mass is 32.2. The molecule has 1 N–H and O–H groups in total. The standard InChI is InChI=1S/C14H11FN2O2S/c1-10-5-6-12(8-14(10)15)17-20(18,19)13-4-2-3-11(7-13)9-16/h2-8,17H,1H3. The molecule has 0 heterocycles. The molecule has 102 valence electrons. The molecule has 0 aliphatic rings. The van der Waals surface area contributed by atoms with Crippen molar-refractivity contribution < 1.29 is 12.8 Å². The molecule has 0 aliphatic heterocycles. The summed E-state index contributed by atoms with van der Waals surface area (Å²) in [6.45, 7) is 1.59. The van der Waals surface area contributed by atoms with E-state index in [1.807, 2.05) is 6.07 Å². The second-order valence-corrected chi connectivity index (χ2v) is 5.89. The van der Waals surface area contributed by atoms with Gasteiger partial charge in [-0.2, -0.15) is 5.26 Å². The van der Waals surface area contributed by atoms with Crippen molar-refractivity contribution in [2.75, 3.05) is 4.72 Å². The Bertz CT molecular complexity index is 795. The molecule has 0 saturated heterocycles. The van der Waals surface area contributed by atoms with Gasteiger partial charge in [-0.05, 0) is 42.8 Å². The second kappa shape index (κ2) is 5.31. The molecule has 0 fully saturated rings. The molecule has 0 amide bonds. The third kappa shape index (κ3) is 2.95. The lowest BCUT2D eigenvalue weighted by Crippen LogP contribution is -2.13. The third-order valence-electron chi connectivity index (χ3n) is 2.70. The van der Waals surface area contributed by atoms with E-state index in [0.29, 0.717) is 5.56 Å². The van der Waals surface area contributed by atoms with Crippen molar-refractivity contribution in [2.24, 2.45) is 0 Å². The fraction of sp³-hybridized carbons (Fsp3) is 0.0714. The van der Waals surface area contributed by atoms with E-state index in [9.17, 15) is 12.8 Å². The number of anilines is 1. The molecular formula is C14H11FN2O2S. The SMILES string of the molecule is Cc1ccc(NS(=O)(=O)c2cccc(C#N)c2)cc1F. The number of sulfonamides is 1. The number of hydrogen-bond donors (Lipinski definition) is 1. The van der Waals surface area contributed by atoms with Gasteiger partial charge in [-0.1, -0.05) is 12.1 Å². The van der Waals surface area contributed by atoms with Crippen LogP contribution in [0.4, 0.5) is 10.1 Å². The summed E-state index contributed by atoms with van der Waals surface area (Å²) in [6.07, 6.45) is 0. The van der Waals surface area contributed by atoms with Crippen LogP contribution in [0.5, 0.6) is 0 Å². The molecule has 2 aromatic rings. The predicted octanol–water partition coefficient (Wildman–Crippen LogP) is 2.81. The second-order valence-electron chi connectivity index (χ2n) is 4.21. The zero-order valence-electron chi connectivity index (χ0n) is 10.6. The molecular weight excluding hydrogens is 279 g/mol. The lowest BCUT2D eigenvalue weighted by molar-refractivity contribution is 0.601. The van der Waals surface area contributed by atoms with Crippen LogP contribution in [-0.4, -0.2) is 8.42 Å². The van der Waals surface area contributed by atoms with Crippen molar-refractivity contribution in [1.29, 1.82) is 5.26 Å². The molecule has 0 bridgehead atoms. The monoisotopic (exact) mass is 290 g/mol. The maximum atomic E-state index is 13.4. The molecule has 2 rings (SSSR count). The smallest absolute Gasteiger partial charge is 0.261 e. The number of nitrogens with one attached hydrogen (secondary N) is 1. The Morgan fingerprint density at radius 1 is 1.20 bits per heavy atom. The summed E-state index contributed by atoms with van der Waals surface area (Å²) in [7, 11) is -3.84. The first-order valence-electron chi connectivity index (χ1n) is 5.71. The Kier molecular flexibility index (Phi) is 3.72. The molecule has 0 aromatic heterocycles. The summed E-state index contributed by atoms with van der Waals surface area (Å²) in [4.78, 5) is -0.0440. The Balaban J connectivity index is 2.35. The van der Waals surface area contributed by atoms with Gasteiger partial charge in [0.05, 0.1) is 22.2 Å². The zero-order chi connectivity index (χ0) is 14.8. The average Bonchev–Trinajstić information content (AvgIpc) is 2.43. The van der Waals surface area contributed by atoms with Gasteiger partial charge in [-0.15, -0.1) is 0 Å². The quantitative estimate of drug-likeness (QED) is 0.945. The van der Waals surface area contributed by atoms with Gasteiger partial charge < -0.3 is 0 Å². The fourth-order valence-corrected chi connectivity index (χ4v) is 2.70. The van der Waals surface area contributed by atoms with Crippen LogP contribution in [-0.2, 0) is 10.0 Å². The highest BCUT2D eigenvalue weighted by Gasteiger charge is 2.15. The van der Waals surface area contributed by atoms with Crippen molar-refractivity contribution in [3.05, 3.63) is 59.4 Å². The largest absolute Gasteiger partial charge is 0.280 e. The summed E-state index contributed by atoms with van der Waals surface area (Å²) in [5.41, 5.74) is 0.804. The summed E-state index contributed by atoms with van der Waals surface area (Å²) in [5, 5.41) is 8.77. The van der Waals surface area contributed by atoms with E-state index in [0.717, 1.165) is 6.07 Å². The van der Waals surface area contributed by atoms with E-state index < -0.39 is 15.8 Å². The highest BCUT2D eigenvalue weighted by molar-refractivity contribution is 7.92. The molecule has 0 spiro atoms. The van der Waals surface area contributed by atoms with Crippen molar-refractivity contribution in [3.8, 4) is 6.07 Å². The molecule has 4 nitrogen and oxygen atoms in total. The normalized spacial score (nSPS) is 10.8. The minimum atomic E-state index is -3.84. The van der Waals surface area contributed by atoms with Gasteiger partial charge in [-0.3, -0.25) is 4.72 Å². The number of aryl methyl sites for hydroxylation is 1. The minimum absolute atomic E-state index is 0.0440. The third-order valence-corrected chi connectivity index (χ3v) is 4.08. The Morgan fingerprint density at radius 2 is 1.95 bits per heavy atom. The number of nitrogens with zero attached hydrogens (tertiary/aromatic N) is 1. The maximum Gasteiger partial charge on any atom is 0.261 e. The summed E-state index contributed by atoms with van der Waals surface area (Å²) in [5.74, 6) is -0.490. The molecule has 0 unspecified atom stereocenters. The lowest BCUT2D eigenvalue weighted by Gasteiger charge is -2.09. The Morgan fingerprint density at radius 3 is 2.60 bits per heavy atom. The van der Waals surface area contributed by atoms with E-state index in [1.54, 1.807) is 6.92 Å². The van der Waals surface area contributed by atoms with Gasteiger partial charge in [0.1, 0.15) is 5.82 Å². The van der Waals surface area contributed by atoms with E-state index in [2.05, 4.69) is 4.72 Å². The van der Waals surface area contributed by atoms with Crippen LogP contribution in [0.2, 0.25) is 0 Å². The molecule has 0 aliphatic carbocycles. The van der Waals surface area contributed by atoms with Crippen LogP contribution >= 0.6 is 0 Å². The summed E-state index contributed by atoms with van der Waals surface area (Å²) in [6, 6.07) is 11.5. The first-order valence-corrected chi connectivity index (χ1v) is 7.20. The van der Waals surface area contributed by atoms with Crippen molar-refractivity contribution in [3.63, 3.8) is 0 Å². The minimum Gasteiger partial charge on any atom is -0.280 e. The fourth-order valence-electron chi connectivity index (χ4n) is 1.60. The summed E-state index contributed by atoms with van der Waals surface area (Å²) < 4.78 is 39.9. The number of halogens is 1. The number of rotatable bonds is 3. The molecule has 0 radical (unpaired) electrons.